The number of rotatable bonds is 3. The second kappa shape index (κ2) is 17.9. The fourth-order valence-corrected chi connectivity index (χ4v) is 6.70. The second-order valence-corrected chi connectivity index (χ2v) is 12.3. The minimum atomic E-state index is -0.710. The Morgan fingerprint density at radius 2 is 0.895 bits per heavy atom. The molecule has 1 N–H and O–H groups in total. The Kier molecular flexibility index (Phi) is 18.5. The van der Waals surface area contributed by atoms with E-state index in [1.807, 2.05) is 67.6 Å². The van der Waals surface area contributed by atoms with Crippen molar-refractivity contribution in [1.82, 2.24) is 0 Å². The molecule has 0 heterocycles. The van der Waals surface area contributed by atoms with E-state index in [0.29, 0.717) is 17.8 Å². The van der Waals surface area contributed by atoms with Crippen LogP contribution in [0.4, 0.5) is 0 Å². The van der Waals surface area contributed by atoms with Crippen molar-refractivity contribution < 1.29 is 31.3 Å². The quantitative estimate of drug-likeness (QED) is 0.349. The predicted molar refractivity (Wildman–Crippen MR) is 165 cm³/mol. The molecular weight excluding hydrogens is 540 g/mol. The third-order valence-corrected chi connectivity index (χ3v) is 10.6. The summed E-state index contributed by atoms with van der Waals surface area (Å²) in [6, 6.07) is 22.6. The molecule has 38 heavy (non-hydrogen) atoms. The Hall–Kier alpha value is -0.717. The van der Waals surface area contributed by atoms with Crippen LogP contribution < -0.4 is 0 Å². The van der Waals surface area contributed by atoms with Crippen LogP contribution in [0.15, 0.2) is 60.7 Å². The van der Waals surface area contributed by atoms with E-state index in [1.165, 1.54) is 0 Å². The van der Waals surface area contributed by atoms with Crippen LogP contribution in [0.5, 0.6) is 0 Å². The molecule has 5 atom stereocenters. The molecule has 0 bridgehead atoms. The van der Waals surface area contributed by atoms with Crippen LogP contribution in [0.1, 0.15) is 81.2 Å². The van der Waals surface area contributed by atoms with E-state index >= 15 is 0 Å². The first-order chi connectivity index (χ1) is 16.4. The van der Waals surface area contributed by atoms with Crippen LogP contribution in [0.3, 0.4) is 0 Å². The zero-order valence-corrected chi connectivity index (χ0v) is 29.2. The molecule has 2 saturated carbocycles. The molecule has 2 aromatic carbocycles. The monoisotopic (exact) mass is 597 g/mol. The summed E-state index contributed by atoms with van der Waals surface area (Å²) in [5.41, 5.74) is 0.333. The Morgan fingerprint density at radius 1 is 0.579 bits per heavy atom. The van der Waals surface area contributed by atoms with Crippen molar-refractivity contribution in [1.29, 1.82) is 0 Å². The van der Waals surface area contributed by atoms with Crippen LogP contribution >= 0.6 is 0 Å². The van der Waals surface area contributed by atoms with Gasteiger partial charge in [-0.3, -0.25) is 0 Å². The topological polar surface area (TPSA) is 20.2 Å². The third-order valence-electron chi connectivity index (χ3n) is 10.6. The van der Waals surface area contributed by atoms with Gasteiger partial charge in [-0.1, -0.05) is 92.6 Å². The molecule has 0 spiro atoms. The maximum absolute atomic E-state index is 10.9. The van der Waals surface area contributed by atoms with Gasteiger partial charge in [0, 0.05) is 0 Å². The van der Waals surface area contributed by atoms with Crippen LogP contribution in [-0.4, -0.2) is 5.11 Å². The van der Waals surface area contributed by atoms with E-state index in [9.17, 15) is 5.11 Å². The van der Waals surface area contributed by atoms with Crippen molar-refractivity contribution in [3.63, 3.8) is 0 Å². The summed E-state index contributed by atoms with van der Waals surface area (Å²) in [7, 11) is 0. The van der Waals surface area contributed by atoms with Gasteiger partial charge >= 0.3 is 26.2 Å². The first-order valence-corrected chi connectivity index (χ1v) is 14.1. The van der Waals surface area contributed by atoms with Crippen molar-refractivity contribution in [2.75, 3.05) is 0 Å². The van der Waals surface area contributed by atoms with Gasteiger partial charge in [0.1, 0.15) is 0 Å². The molecular formula is C36H59OZr. The largest absolute Gasteiger partial charge is 3.00 e. The maximum atomic E-state index is 10.9. The summed E-state index contributed by atoms with van der Waals surface area (Å²) in [6.45, 7) is 23.4. The minimum Gasteiger partial charge on any atom is -0.385 e. The Morgan fingerprint density at radius 3 is 1.18 bits per heavy atom. The first-order valence-electron chi connectivity index (χ1n) is 14.1. The zero-order valence-electron chi connectivity index (χ0n) is 26.7. The Labute approximate surface area is 257 Å². The van der Waals surface area contributed by atoms with Crippen LogP contribution in [-0.2, 0) is 31.8 Å². The molecule has 2 aromatic rings. The van der Waals surface area contributed by atoms with E-state index in [0.717, 1.165) is 53.4 Å². The maximum Gasteiger partial charge on any atom is 3.00 e. The number of aliphatic hydroxyl groups is 1. The SMILES string of the molecule is CC1C(C)C(C)C(C)C1C.CC1C(C)C(C)C(CC(C)(O)c2ccccc2)C1C.[CH3-].[CH3-].[Zr+3].[c-]1ccccc1. The minimum absolute atomic E-state index is 0. The van der Waals surface area contributed by atoms with Gasteiger partial charge in [0.15, 0.2) is 0 Å². The summed E-state index contributed by atoms with van der Waals surface area (Å²) in [6.07, 6.45) is 0.869. The molecule has 0 aromatic heterocycles. The molecule has 1 radical (unpaired) electrons. The van der Waals surface area contributed by atoms with Gasteiger partial charge in [-0.15, -0.1) is 0 Å². The van der Waals surface area contributed by atoms with Gasteiger partial charge in [-0.05, 0) is 78.1 Å². The van der Waals surface area contributed by atoms with Gasteiger partial charge in [0.05, 0.1) is 5.60 Å². The van der Waals surface area contributed by atoms with Crippen LogP contribution in [0.2, 0.25) is 0 Å². The van der Waals surface area contributed by atoms with E-state index in [1.54, 1.807) is 0 Å². The summed E-state index contributed by atoms with van der Waals surface area (Å²) < 4.78 is 0. The fourth-order valence-electron chi connectivity index (χ4n) is 6.70. The summed E-state index contributed by atoms with van der Waals surface area (Å²) in [4.78, 5) is 0. The number of hydrogen-bond acceptors (Lipinski definition) is 1. The molecule has 5 unspecified atom stereocenters. The standard InChI is InChI=1S/C18H28O.C10H20.C6H5.2CH3.Zr/c1-12-13(2)15(4)17(14(12)3)11-18(5,19)16-9-7-6-8-10-16;1-6-7(2)9(4)10(5)8(6)3;1-2-4-6-5-3-1;;;/h6-10,12-15,17,19H,11H2,1-5H3;6-10H,1-5H3;1-5H;2*1H3;/q;;3*-1;+3. The molecule has 2 heteroatoms. The average Bonchev–Trinajstić information content (AvgIpc) is 3.16. The molecule has 1 nitrogen and oxygen atoms in total. The first kappa shape index (κ1) is 39.4. The van der Waals surface area contributed by atoms with E-state index in [4.69, 9.17) is 0 Å². The summed E-state index contributed by atoms with van der Waals surface area (Å²) in [5, 5.41) is 10.9. The molecule has 2 aliphatic carbocycles. The fraction of sp³-hybridized carbons (Fsp3) is 0.611. The van der Waals surface area contributed by atoms with Gasteiger partial charge in [0.2, 0.25) is 0 Å². The van der Waals surface area contributed by atoms with Crippen molar-refractivity contribution >= 4 is 0 Å². The Balaban J connectivity index is 0. The predicted octanol–water partition coefficient (Wildman–Crippen LogP) is 10.0. The molecule has 2 aliphatic rings. The molecule has 0 aliphatic heterocycles. The zero-order chi connectivity index (χ0) is 26.3. The van der Waals surface area contributed by atoms with E-state index in [2.05, 4.69) is 68.4 Å². The molecule has 4 rings (SSSR count). The number of benzene rings is 2. The van der Waals surface area contributed by atoms with Crippen molar-refractivity contribution in [3.05, 3.63) is 87.1 Å². The van der Waals surface area contributed by atoms with Crippen molar-refractivity contribution in [3.8, 4) is 0 Å². The Bertz CT molecular complexity index is 749. The van der Waals surface area contributed by atoms with Gasteiger partial charge in [-0.2, -0.15) is 36.4 Å². The third kappa shape index (κ3) is 10.0. The van der Waals surface area contributed by atoms with Gasteiger partial charge < -0.3 is 20.0 Å². The summed E-state index contributed by atoms with van der Waals surface area (Å²) >= 11 is 0. The summed E-state index contributed by atoms with van der Waals surface area (Å²) in [5.74, 6) is 8.19. The van der Waals surface area contributed by atoms with E-state index < -0.39 is 5.60 Å². The van der Waals surface area contributed by atoms with Crippen LogP contribution in [0.25, 0.3) is 0 Å². The molecule has 0 amide bonds. The van der Waals surface area contributed by atoms with Gasteiger partial charge in [0.25, 0.3) is 0 Å². The van der Waals surface area contributed by atoms with E-state index in [-0.39, 0.29) is 41.1 Å². The molecule has 0 saturated heterocycles. The smallest absolute Gasteiger partial charge is 0.385 e. The number of hydrogen-bond donors (Lipinski definition) is 1. The molecule has 213 valence electrons. The second-order valence-electron chi connectivity index (χ2n) is 12.3. The van der Waals surface area contributed by atoms with Crippen molar-refractivity contribution in [2.45, 2.75) is 81.3 Å². The average molecular weight is 599 g/mol. The normalized spacial score (nSPS) is 34.9. The van der Waals surface area contributed by atoms with Crippen molar-refractivity contribution in [2.24, 2.45) is 59.2 Å². The van der Waals surface area contributed by atoms with Crippen LogP contribution in [0, 0.1) is 80.1 Å². The molecule has 2 fully saturated rings. The van der Waals surface area contributed by atoms with Gasteiger partial charge in [-0.25, -0.2) is 0 Å².